The number of halogens is 3. The third-order valence-corrected chi connectivity index (χ3v) is 1.38. The van der Waals surface area contributed by atoms with Gasteiger partial charge in [-0.05, 0) is 11.6 Å². The summed E-state index contributed by atoms with van der Waals surface area (Å²) in [6.07, 6.45) is 2.78. The molecule has 1 rings (SSSR count). The van der Waals surface area contributed by atoms with E-state index in [9.17, 15) is 12.9 Å². The molecule has 0 unspecified atom stereocenters. The number of nitrogens with zero attached hydrogens (tertiary/aromatic N) is 2. The largest absolute Gasteiger partial charge is 0.482 e. The first kappa shape index (κ1) is 9.76. The molecule has 0 N–H and O–H groups in total. The lowest BCUT2D eigenvalue weighted by molar-refractivity contribution is 0.468. The van der Waals surface area contributed by atoms with E-state index in [1.54, 1.807) is 0 Å². The maximum atomic E-state index is 11.9. The highest BCUT2D eigenvalue weighted by atomic mass is 19.4. The molecule has 0 aromatic carbocycles. The van der Waals surface area contributed by atoms with Crippen molar-refractivity contribution in [1.82, 2.24) is 9.97 Å². The van der Waals surface area contributed by atoms with Gasteiger partial charge in [0, 0.05) is 12.4 Å². The van der Waals surface area contributed by atoms with Crippen LogP contribution in [-0.4, -0.2) is 16.9 Å². The molecule has 1 aromatic heterocycles. The maximum Gasteiger partial charge on any atom is 0.482 e. The molecule has 6 heteroatoms. The highest BCUT2D eigenvalue weighted by molar-refractivity contribution is 6.57. The smallest absolute Gasteiger partial charge is 0.449 e. The zero-order valence-corrected chi connectivity index (χ0v) is 6.75. The average molecular weight is 187 g/mol. The molecule has 2 nitrogen and oxygen atoms in total. The second-order valence-corrected chi connectivity index (χ2v) is 2.57. The monoisotopic (exact) mass is 187 g/mol. The van der Waals surface area contributed by atoms with Gasteiger partial charge in [0.2, 0.25) is 0 Å². The minimum Gasteiger partial charge on any atom is -0.449 e. The molecule has 1 heterocycles. The van der Waals surface area contributed by atoms with E-state index >= 15 is 0 Å². The topological polar surface area (TPSA) is 25.8 Å². The highest BCUT2D eigenvalue weighted by Crippen LogP contribution is 2.14. The number of hydrogen-bond acceptors (Lipinski definition) is 2. The molecule has 0 fully saturated rings. The van der Waals surface area contributed by atoms with E-state index in [2.05, 4.69) is 16.5 Å². The first-order valence-corrected chi connectivity index (χ1v) is 3.65. The van der Waals surface area contributed by atoms with Crippen LogP contribution in [0.25, 0.3) is 6.08 Å². The van der Waals surface area contributed by atoms with Crippen molar-refractivity contribution < 1.29 is 12.9 Å². The van der Waals surface area contributed by atoms with Crippen molar-refractivity contribution in [2.75, 3.05) is 0 Å². The van der Waals surface area contributed by atoms with E-state index < -0.39 is 13.3 Å². The van der Waals surface area contributed by atoms with E-state index in [0.29, 0.717) is 5.82 Å². The molecular formula is C7H7BF3N2-. The molecule has 13 heavy (non-hydrogen) atoms. The van der Waals surface area contributed by atoms with Crippen LogP contribution in [0.3, 0.4) is 0 Å². The summed E-state index contributed by atoms with van der Waals surface area (Å²) in [6, 6.07) is 0. The Hall–Kier alpha value is -1.33. The van der Waals surface area contributed by atoms with Crippen LogP contribution < -0.4 is 0 Å². The standard InChI is InChI=1S/C7H7BF3N2/c1-2-7-12-4-6(5-13-7)3-8(9,10)11/h2,4-5H,1,3H2/q-1. The fraction of sp³-hybridized carbons (Fsp3) is 0.143. The Morgan fingerprint density at radius 1 is 1.31 bits per heavy atom. The van der Waals surface area contributed by atoms with Crippen molar-refractivity contribution in [3.8, 4) is 0 Å². The van der Waals surface area contributed by atoms with E-state index in [0.717, 1.165) is 0 Å². The van der Waals surface area contributed by atoms with Crippen LogP contribution >= 0.6 is 0 Å². The van der Waals surface area contributed by atoms with Gasteiger partial charge >= 0.3 is 6.98 Å². The number of aromatic nitrogens is 2. The minimum atomic E-state index is -4.80. The van der Waals surface area contributed by atoms with Gasteiger partial charge in [0.25, 0.3) is 0 Å². The third kappa shape index (κ3) is 3.27. The van der Waals surface area contributed by atoms with Crippen LogP contribution in [0.4, 0.5) is 12.9 Å². The van der Waals surface area contributed by atoms with Crippen molar-refractivity contribution >= 4 is 13.1 Å². The van der Waals surface area contributed by atoms with E-state index in [1.165, 1.54) is 18.5 Å². The molecular weight excluding hydrogens is 180 g/mol. The summed E-state index contributed by atoms with van der Waals surface area (Å²) in [5, 5.41) is 0. The van der Waals surface area contributed by atoms with E-state index in [1.807, 2.05) is 0 Å². The maximum absolute atomic E-state index is 11.9. The zero-order valence-electron chi connectivity index (χ0n) is 6.75. The fourth-order valence-corrected chi connectivity index (χ4v) is 0.843. The van der Waals surface area contributed by atoms with Crippen molar-refractivity contribution in [3.63, 3.8) is 0 Å². The quantitative estimate of drug-likeness (QED) is 0.676. The summed E-state index contributed by atoms with van der Waals surface area (Å²) in [5.74, 6) is 0.332. The van der Waals surface area contributed by atoms with Crippen LogP contribution in [-0.2, 0) is 6.32 Å². The Balaban J connectivity index is 2.75. The van der Waals surface area contributed by atoms with Gasteiger partial charge in [0.05, 0.1) is 0 Å². The molecule has 0 atom stereocenters. The van der Waals surface area contributed by atoms with Gasteiger partial charge in [-0.1, -0.05) is 12.9 Å². The molecule has 0 amide bonds. The predicted octanol–water partition coefficient (Wildman–Crippen LogP) is 2.05. The second kappa shape index (κ2) is 3.59. The molecule has 0 bridgehead atoms. The van der Waals surface area contributed by atoms with Crippen LogP contribution in [0.2, 0.25) is 0 Å². The Morgan fingerprint density at radius 3 is 2.23 bits per heavy atom. The Labute approximate surface area is 73.6 Å². The SMILES string of the molecule is C=Cc1ncc(C[B-](F)(F)F)cn1. The van der Waals surface area contributed by atoms with Gasteiger partial charge in [-0.3, -0.25) is 0 Å². The molecule has 70 valence electrons. The van der Waals surface area contributed by atoms with Gasteiger partial charge in [-0.2, -0.15) is 0 Å². The predicted molar refractivity (Wildman–Crippen MR) is 44.9 cm³/mol. The van der Waals surface area contributed by atoms with Gasteiger partial charge in [-0.25, -0.2) is 9.97 Å². The third-order valence-electron chi connectivity index (χ3n) is 1.38. The molecule has 0 spiro atoms. The van der Waals surface area contributed by atoms with E-state index in [-0.39, 0.29) is 5.56 Å². The summed E-state index contributed by atoms with van der Waals surface area (Å²) in [7, 11) is 0. The summed E-state index contributed by atoms with van der Waals surface area (Å²) in [5.41, 5.74) is 0.0816. The van der Waals surface area contributed by atoms with Gasteiger partial charge in [0.15, 0.2) is 5.82 Å². The summed E-state index contributed by atoms with van der Waals surface area (Å²) in [4.78, 5) is 7.32. The Bertz CT molecular complexity index is 294. The number of rotatable bonds is 3. The molecule has 0 saturated carbocycles. The molecule has 0 aliphatic rings. The van der Waals surface area contributed by atoms with Crippen molar-refractivity contribution in [3.05, 3.63) is 30.4 Å². The summed E-state index contributed by atoms with van der Waals surface area (Å²) in [6.45, 7) is -1.41. The lowest BCUT2D eigenvalue weighted by Gasteiger charge is -2.12. The summed E-state index contributed by atoms with van der Waals surface area (Å²) < 4.78 is 35.7. The zero-order chi connectivity index (χ0) is 9.90. The molecule has 1 aromatic rings. The fourth-order valence-electron chi connectivity index (χ4n) is 0.843. The van der Waals surface area contributed by atoms with Crippen molar-refractivity contribution in [2.45, 2.75) is 6.32 Å². The van der Waals surface area contributed by atoms with Crippen LogP contribution in [0.5, 0.6) is 0 Å². The van der Waals surface area contributed by atoms with Gasteiger partial charge in [0.1, 0.15) is 0 Å². The molecule has 0 aliphatic heterocycles. The molecule has 0 saturated heterocycles. The van der Waals surface area contributed by atoms with Crippen molar-refractivity contribution in [1.29, 1.82) is 0 Å². The van der Waals surface area contributed by atoms with Gasteiger partial charge in [-0.15, -0.1) is 0 Å². The van der Waals surface area contributed by atoms with Crippen LogP contribution in [0.1, 0.15) is 11.4 Å². The minimum absolute atomic E-state index is 0.0816. The van der Waals surface area contributed by atoms with Crippen LogP contribution in [0, 0.1) is 0 Å². The van der Waals surface area contributed by atoms with Crippen LogP contribution in [0.15, 0.2) is 19.0 Å². The Kier molecular flexibility index (Phi) is 2.70. The lowest BCUT2D eigenvalue weighted by atomic mass is 9.83. The normalized spacial score (nSPS) is 11.3. The van der Waals surface area contributed by atoms with E-state index in [4.69, 9.17) is 0 Å². The lowest BCUT2D eigenvalue weighted by Crippen LogP contribution is -2.19. The van der Waals surface area contributed by atoms with Crippen molar-refractivity contribution in [2.24, 2.45) is 0 Å². The first-order valence-electron chi connectivity index (χ1n) is 3.65. The second-order valence-electron chi connectivity index (χ2n) is 2.57. The Morgan fingerprint density at radius 2 is 1.85 bits per heavy atom. The number of hydrogen-bond donors (Lipinski definition) is 0. The summed E-state index contributed by atoms with van der Waals surface area (Å²) >= 11 is 0. The highest BCUT2D eigenvalue weighted by Gasteiger charge is 2.23. The molecule has 0 radical (unpaired) electrons. The van der Waals surface area contributed by atoms with Gasteiger partial charge < -0.3 is 12.9 Å². The molecule has 0 aliphatic carbocycles. The average Bonchev–Trinajstić information content (AvgIpc) is 2.03. The first-order chi connectivity index (χ1) is 6.01.